The number of aliphatic hydroxyl groups excluding tert-OH is 28. The zero-order valence-electron chi connectivity index (χ0n) is 74.7. The molecule has 10 heterocycles. The Bertz CT molecular complexity index is 3880. The first-order valence-corrected chi connectivity index (χ1v) is 44.0. The van der Waals surface area contributed by atoms with Crippen LogP contribution in [0.3, 0.4) is 0 Å². The third kappa shape index (κ3) is 26.3. The lowest BCUT2D eigenvalue weighted by Gasteiger charge is -2.52. The molecule has 0 saturated carbocycles. The van der Waals surface area contributed by atoms with E-state index in [1.165, 1.54) is 0 Å². The van der Waals surface area contributed by atoms with Crippen LogP contribution in [0, 0.1) is 0 Å². The summed E-state index contributed by atoms with van der Waals surface area (Å²) >= 11 is 0. The van der Waals surface area contributed by atoms with E-state index in [1.54, 1.807) is 0 Å². The van der Waals surface area contributed by atoms with E-state index in [4.69, 9.17) is 94.7 Å². The number of ether oxygens (including phenoxy) is 20. The third-order valence-corrected chi connectivity index (χ3v) is 24.8. The molecule has 0 unspecified atom stereocenters. The summed E-state index contributed by atoms with van der Waals surface area (Å²) < 4.78 is 118. The molecule has 0 bridgehead atoms. The minimum Gasteiger partial charge on any atom is -0.544 e. The van der Waals surface area contributed by atoms with Crippen LogP contribution in [0.1, 0.15) is 41.0 Å². The molecule has 10 aliphatic heterocycles. The Labute approximate surface area is 786 Å². The van der Waals surface area contributed by atoms with Gasteiger partial charge in [0.2, 0.25) is 41.7 Å². The zero-order valence-corrected chi connectivity index (χ0v) is 74.7. The lowest BCUT2D eigenvalue weighted by Crippen LogP contribution is -2.72. The van der Waals surface area contributed by atoms with E-state index in [2.05, 4.69) is 31.9 Å². The second-order valence-corrected chi connectivity index (χ2v) is 34.6. The van der Waals surface area contributed by atoms with Crippen molar-refractivity contribution in [1.82, 2.24) is 31.9 Å². The molecule has 34 N–H and O–H groups in total. The molecule has 10 saturated heterocycles. The number of hydrogen-bond acceptors (Lipinski definition) is 56. The highest BCUT2D eigenvalue weighted by Gasteiger charge is 2.64. The van der Waals surface area contributed by atoms with Gasteiger partial charge in [-0.3, -0.25) is 28.8 Å². The highest BCUT2D eigenvalue weighted by molar-refractivity contribution is 5.76. The number of carboxylic acids is 1. The summed E-state index contributed by atoms with van der Waals surface area (Å²) in [6, 6.07) is -10.7. The number of aliphatic carboxylic acids is 1. The van der Waals surface area contributed by atoms with Crippen molar-refractivity contribution in [3.05, 3.63) is 0 Å². The van der Waals surface area contributed by atoms with Gasteiger partial charge in [0.25, 0.3) is 0 Å². The number of carbonyl (C=O) groups is 7. The highest BCUT2D eigenvalue weighted by atomic mass is 16.8. The van der Waals surface area contributed by atoms with Crippen LogP contribution in [0.25, 0.3) is 0 Å². The molecule has 0 spiro atoms. The van der Waals surface area contributed by atoms with Gasteiger partial charge in [-0.25, -0.2) is 0 Å². The van der Waals surface area contributed by atoms with Gasteiger partial charge in [-0.05, 0) is 0 Å². The van der Waals surface area contributed by atoms with Crippen molar-refractivity contribution < 1.29 is 276 Å². The zero-order chi connectivity index (χ0) is 103. The van der Waals surface area contributed by atoms with Crippen molar-refractivity contribution >= 4 is 41.9 Å². The number of amides is 6. The van der Waals surface area contributed by atoms with Gasteiger partial charge in [-0.2, -0.15) is 0 Å². The summed E-state index contributed by atoms with van der Waals surface area (Å²) in [5.74, 6) is -10.6. The third-order valence-electron chi connectivity index (χ3n) is 24.8. The van der Waals surface area contributed by atoms with Crippen LogP contribution in [-0.2, 0) is 128 Å². The normalized spacial score (nSPS) is 45.6. The van der Waals surface area contributed by atoms with Gasteiger partial charge >= 0.3 is 0 Å². The summed E-state index contributed by atoms with van der Waals surface area (Å²) in [5.41, 5.74) is 0. The second-order valence-electron chi connectivity index (χ2n) is 34.6. The monoisotopic (exact) mass is 2030 g/mol. The van der Waals surface area contributed by atoms with Gasteiger partial charge in [0.05, 0.1) is 97.5 Å². The van der Waals surface area contributed by atoms with Crippen LogP contribution in [-0.4, -0.2) is 583 Å². The Morgan fingerprint density at radius 3 is 1.00 bits per heavy atom. The molecule has 10 fully saturated rings. The number of rotatable bonds is 42. The Kier molecular flexibility index (Phi) is 42.4. The molecular formula is C77H127N6O56-. The van der Waals surface area contributed by atoms with E-state index in [9.17, 15) is 182 Å². The fourth-order valence-corrected chi connectivity index (χ4v) is 17.7. The molecule has 802 valence electrons. The van der Waals surface area contributed by atoms with Crippen LogP contribution in [0.5, 0.6) is 0 Å². The minimum atomic E-state index is -3.40. The minimum absolute atomic E-state index is 0.237. The molecule has 6 amide bonds. The summed E-state index contributed by atoms with van der Waals surface area (Å²) in [6.07, 6.45) is -98.2. The van der Waals surface area contributed by atoms with Gasteiger partial charge in [-0.15, -0.1) is 0 Å². The summed E-state index contributed by atoms with van der Waals surface area (Å²) in [5, 5.41) is 341. The lowest BCUT2D eigenvalue weighted by atomic mass is 9.88. The Morgan fingerprint density at radius 2 is 0.640 bits per heavy atom. The number of aliphatic hydroxyl groups is 28. The average molecular weight is 2030 g/mol. The lowest BCUT2D eigenvalue weighted by molar-refractivity contribution is -0.411. The van der Waals surface area contributed by atoms with Gasteiger partial charge in [0, 0.05) is 41.0 Å². The fraction of sp³-hybridized carbons (Fsp3) is 0.909. The Balaban J connectivity index is 0.874. The van der Waals surface area contributed by atoms with Crippen LogP contribution in [0.15, 0.2) is 0 Å². The predicted molar refractivity (Wildman–Crippen MR) is 426 cm³/mol. The van der Waals surface area contributed by atoms with Crippen LogP contribution in [0.4, 0.5) is 0 Å². The van der Waals surface area contributed by atoms with E-state index in [-0.39, 0.29) is 6.41 Å². The molecule has 0 aliphatic carbocycles. The number of carbonyl (C=O) groups excluding carboxylic acids is 7. The maximum Gasteiger partial charge on any atom is 0.217 e. The molecule has 10 rings (SSSR count). The number of hydrogen-bond donors (Lipinski definition) is 34. The van der Waals surface area contributed by atoms with E-state index in [0.29, 0.717) is 0 Å². The Morgan fingerprint density at radius 1 is 0.338 bits per heavy atom. The molecule has 0 aromatic carbocycles. The molecule has 62 heteroatoms. The molecule has 139 heavy (non-hydrogen) atoms. The van der Waals surface area contributed by atoms with Crippen molar-refractivity contribution in [2.75, 3.05) is 79.3 Å². The first-order chi connectivity index (χ1) is 65.8. The fourth-order valence-electron chi connectivity index (χ4n) is 17.7. The van der Waals surface area contributed by atoms with E-state index < -0.39 is 440 Å². The molecule has 0 radical (unpaired) electrons. The first kappa shape index (κ1) is 115. The SMILES string of the molecule is CC(=O)N[C@H]1[C@H](OC[C@H]2O[C@@H](O[C@H]3[C@H](O)[C@@H](NC(C)=O)[C@H](O[C@H]4[C@@H](O)[C@@H](CO)O[C@@H](O[C@H]5[C@H](O)[C@@H](O)[C@H](OC[C@@H](CO)NC=O)O[C@@H]5CO)[C@@H]4O)O[C@@H]3CO)[C@H](O)[C@@H](O[C@@H]3O[C@H](CO)[C@@H](O)[C@H](O)[C@H]3NC(C)=O)[C@H]2O)O[C@H](CO)[C@@H](O[C@@H]2O[C@H](CO)[C@H](O)[C@H](O[C@@H]3O[C@H](CO)[C@@H](O[C@@H]4O[C@H](CO)[C@H](O)[C@H](O[C@]5(C(=O)[O-])C[C@H](O)[C@@H](NC(C)=O)[C@H]([C@H](O)[C@H](O)CO)O5)[C@H]4O)[C@H](O)[C@H]3NC(C)=O)[C@H]2O)[C@@H]1O. The Hall–Kier alpha value is -5.63. The molecule has 52 atom stereocenters. The summed E-state index contributed by atoms with van der Waals surface area (Å²) in [4.78, 5) is 88.4. The van der Waals surface area contributed by atoms with Crippen LogP contribution < -0.4 is 37.0 Å². The van der Waals surface area contributed by atoms with Crippen molar-refractivity contribution in [3.8, 4) is 0 Å². The molecular weight excluding hydrogens is 1900 g/mol. The van der Waals surface area contributed by atoms with Crippen molar-refractivity contribution in [2.45, 2.75) is 359 Å². The van der Waals surface area contributed by atoms with Gasteiger partial charge in [0.15, 0.2) is 56.6 Å². The quantitative estimate of drug-likeness (QED) is 0.0252. The maximum atomic E-state index is 13.2. The topological polar surface area (TPSA) is 966 Å². The molecule has 62 nitrogen and oxygen atoms in total. The largest absolute Gasteiger partial charge is 0.544 e. The van der Waals surface area contributed by atoms with Crippen LogP contribution >= 0.6 is 0 Å². The number of carboxylic acid groups (broad SMARTS) is 1. The first-order valence-electron chi connectivity index (χ1n) is 44.0. The van der Waals surface area contributed by atoms with Gasteiger partial charge < -0.3 is 280 Å². The van der Waals surface area contributed by atoms with Gasteiger partial charge in [-0.1, -0.05) is 0 Å². The van der Waals surface area contributed by atoms with E-state index >= 15 is 0 Å². The smallest absolute Gasteiger partial charge is 0.217 e. The molecule has 10 aliphatic rings. The van der Waals surface area contributed by atoms with Crippen molar-refractivity contribution in [2.24, 2.45) is 0 Å². The van der Waals surface area contributed by atoms with Gasteiger partial charge in [0.1, 0.15) is 244 Å². The standard InChI is InChI=1S/C77H128N6O56/c1-20(95)79-37-26(100)6-77(76(118)119,138-62(37)42(102)27(101)8-85)139-66-46(106)31(12-89)125-75(57(66)117)133-60-34(15-92)128-70(41(51(60)111)83-24(5)99)135-63-44(104)29(10-87)123-72(54(63)114)131-58-32(13-90)126-67(39(49(58)109)81-22(3)97)121-18-36-47(107)65(137-68-38(80-21(2)96)48(108)43(103)28(9-86)122-68)56(116)74(130-36)132-59-33(14-91)127-69(40(50(59)110)82-23(4)98)136-64-45(105)30(11-88)124-73(55(64)115)134-61-35(16-93)129-71(53(113)52(61)112)120-17-25(7-84)78-19-94/h19,25-75,84-93,100-117H,6-18H2,1-5H3,(H,78,94)(H,79,95)(H,80,96)(H,81,97)(H,82,98)(H,83,99)(H,118,119)/p-1/t25-,26+,27-,28-,29-,30-,31-,32-,33-,34-,35-,36-,37-,38-,39-,40-,41-,42-,43-,44+,45+,46+,47+,48-,49-,50-,51-,52-,53-,54-,55-,56-,57-,58-,59-,60-,61-,62-,63+,64+,65+,66+,67-,68+,69+,70+,71-,72+,73+,74+,75+,77+/m1/s1. The van der Waals surface area contributed by atoms with E-state index in [0.717, 1.165) is 34.6 Å². The molecule has 0 aromatic rings. The number of nitrogens with one attached hydrogen (secondary N) is 6. The van der Waals surface area contributed by atoms with Crippen molar-refractivity contribution in [3.63, 3.8) is 0 Å². The maximum absolute atomic E-state index is 13.2. The highest BCUT2D eigenvalue weighted by Crippen LogP contribution is 2.43. The van der Waals surface area contributed by atoms with E-state index in [1.807, 2.05) is 0 Å². The molecule has 0 aromatic heterocycles. The van der Waals surface area contributed by atoms with Crippen LogP contribution in [0.2, 0.25) is 0 Å². The summed E-state index contributed by atoms with van der Waals surface area (Å²) in [7, 11) is 0. The summed E-state index contributed by atoms with van der Waals surface area (Å²) in [6.45, 7) is -8.32. The predicted octanol–water partition coefficient (Wildman–Crippen LogP) is -25.1. The second kappa shape index (κ2) is 51.1. The average Bonchev–Trinajstić information content (AvgIpc) is 0.753. The van der Waals surface area contributed by atoms with Crippen molar-refractivity contribution in [1.29, 1.82) is 0 Å².